The minimum absolute atomic E-state index is 0.00792. The van der Waals surface area contributed by atoms with Gasteiger partial charge in [0.2, 0.25) is 23.6 Å². The van der Waals surface area contributed by atoms with E-state index in [-0.39, 0.29) is 65.3 Å². The number of aliphatic hydroxyl groups excluding tert-OH is 15. The van der Waals surface area contributed by atoms with E-state index in [1.165, 1.54) is 13.1 Å². The second-order valence-electron chi connectivity index (χ2n) is 24.7. The number of hydrogen-bond acceptors (Lipinski definition) is 41. The number of anilines is 5. The van der Waals surface area contributed by atoms with Crippen molar-refractivity contribution in [2.45, 2.75) is 188 Å². The van der Waals surface area contributed by atoms with Gasteiger partial charge in [-0.25, -0.2) is 28.8 Å². The largest absolute Gasteiger partial charge is 0.450 e. The van der Waals surface area contributed by atoms with Gasteiger partial charge in [-0.1, -0.05) is 13.3 Å². The molecule has 0 spiro atoms. The predicted molar refractivity (Wildman–Crippen MR) is 352 cm³/mol. The maximum Gasteiger partial charge on any atom is 0.412 e. The fraction of sp³-hybridized carbons (Fsp3) is 0.655. The van der Waals surface area contributed by atoms with E-state index in [1.807, 2.05) is 6.92 Å². The fourth-order valence-electron chi connectivity index (χ4n) is 10.7. The van der Waals surface area contributed by atoms with Crippen LogP contribution in [0.3, 0.4) is 0 Å². The number of carbonyl (C=O) groups is 5. The third-order valence-electron chi connectivity index (χ3n) is 16.9. The minimum atomic E-state index is -1.45. The van der Waals surface area contributed by atoms with Gasteiger partial charge < -0.3 is 126 Å². The van der Waals surface area contributed by atoms with Crippen LogP contribution in [-0.4, -0.2) is 311 Å². The third-order valence-corrected chi connectivity index (χ3v) is 16.9. The van der Waals surface area contributed by atoms with Gasteiger partial charge in [0.25, 0.3) is 0 Å². The highest BCUT2D eigenvalue weighted by Gasteiger charge is 2.49. The van der Waals surface area contributed by atoms with Gasteiger partial charge in [-0.05, 0) is 39.0 Å². The van der Waals surface area contributed by atoms with Crippen LogP contribution >= 0.6 is 0 Å². The van der Waals surface area contributed by atoms with E-state index in [4.69, 9.17) is 49.2 Å². The van der Waals surface area contributed by atoms with Gasteiger partial charge >= 0.3 is 34.5 Å². The molecule has 51 heteroatoms. The van der Waals surface area contributed by atoms with E-state index in [1.54, 1.807) is 6.92 Å². The van der Waals surface area contributed by atoms with Gasteiger partial charge in [0.15, 0.2) is 60.2 Å². The zero-order valence-corrected chi connectivity index (χ0v) is 57.7. The van der Waals surface area contributed by atoms with Crippen molar-refractivity contribution in [3.8, 4) is 0 Å². The van der Waals surface area contributed by atoms with Crippen LogP contribution in [0.5, 0.6) is 0 Å². The molecule has 51 nitrogen and oxygen atoms in total. The molecule has 5 saturated heterocycles. The molecule has 2 aliphatic carbocycles. The lowest BCUT2D eigenvalue weighted by Gasteiger charge is -2.23. The molecule has 5 aromatic heterocycles. The average Bonchev–Trinajstić information content (AvgIpc) is 1.70. The highest BCUT2D eigenvalue weighted by molar-refractivity contribution is 5.93. The van der Waals surface area contributed by atoms with Crippen LogP contribution in [-0.2, 0) is 47.6 Å². The number of rotatable bonds is 20. The zero-order valence-electron chi connectivity index (χ0n) is 57.7. The monoisotopic (exact) mass is 1550 g/mol. The quantitative estimate of drug-likeness (QED) is 0.0344. The minimum Gasteiger partial charge on any atom is -0.450 e. The van der Waals surface area contributed by atoms with Gasteiger partial charge in [0, 0.05) is 25.2 Å². The second-order valence-corrected chi connectivity index (χ2v) is 24.7. The summed E-state index contributed by atoms with van der Waals surface area (Å²) >= 11 is 0. The van der Waals surface area contributed by atoms with Crippen LogP contribution in [0.1, 0.15) is 96.9 Å². The molecule has 1 unspecified atom stereocenters. The number of amides is 5. The molecule has 0 bridgehead atoms. The molecule has 20 atom stereocenters. The Bertz CT molecular complexity index is 4140. The number of ether oxygens (including phenoxy) is 6. The molecule has 109 heavy (non-hydrogen) atoms. The topological polar surface area (TPSA) is 743 Å². The molecule has 5 aromatic rings. The Morgan fingerprint density at radius 1 is 0.394 bits per heavy atom. The Labute approximate surface area is 609 Å². The van der Waals surface area contributed by atoms with E-state index in [9.17, 15) is 99.0 Å². The maximum absolute atomic E-state index is 12.0. The number of carbonyl (C=O) groups excluding carboxylic acids is 5. The summed E-state index contributed by atoms with van der Waals surface area (Å²) in [6.45, 7) is 2.29. The van der Waals surface area contributed by atoms with Crippen molar-refractivity contribution < 1.29 is 129 Å². The van der Waals surface area contributed by atoms with Gasteiger partial charge in [0.05, 0.1) is 70.6 Å². The first-order valence-electron chi connectivity index (χ1n) is 33.5. The Morgan fingerprint density at radius 3 is 0.862 bits per heavy atom. The normalized spacial score (nSPS) is 29.4. The Balaban J connectivity index is 0.000000172. The number of nitrogens with zero attached hydrogens (tertiary/aromatic N) is 15. The molecule has 10 heterocycles. The summed E-state index contributed by atoms with van der Waals surface area (Å²) in [4.78, 5) is 134. The van der Waals surface area contributed by atoms with Crippen molar-refractivity contribution in [3.05, 3.63) is 83.4 Å². The molecular weight excluding hydrogens is 1470 g/mol. The van der Waals surface area contributed by atoms with Crippen LogP contribution in [0.2, 0.25) is 0 Å². The van der Waals surface area contributed by atoms with E-state index >= 15 is 0 Å². The lowest BCUT2D eigenvalue weighted by molar-refractivity contribution is -0.122. The van der Waals surface area contributed by atoms with Crippen LogP contribution in [0.4, 0.5) is 33.9 Å². The first-order valence-corrected chi connectivity index (χ1v) is 33.5. The van der Waals surface area contributed by atoms with Gasteiger partial charge in [0.1, 0.15) is 91.6 Å². The molecule has 0 radical (unpaired) electrons. The lowest BCUT2D eigenvalue weighted by Crippen LogP contribution is -2.38. The van der Waals surface area contributed by atoms with E-state index in [0.717, 1.165) is 75.6 Å². The SMILES string of the molecule is CC(=O)Nc1cnn([C@@H]2O[C@H](CO)C(O)[C@@H]2O)c(=O)n1.CCCC(=O)Nc1cnn([C@@H]2O[C@H](CO)[C@@H](O)[C@H]2O)c(=O)n1.CCOC(=O)Nc1cnn([C@@H]2O[C@H](CO)[C@@H](O)[C@H]2O)c(=O)n1.O=C(Nc1cnn([C@@H]2O[C@H](CO)[C@@H](O)[C@H]2O)c(=O)n1)C1CC1.O=C(Nc1cnn([C@@H]2O[C@H](CO)[C@@H](O)[C@H]2O)c(=O)n1)C1CCC1. The second kappa shape index (κ2) is 38.7. The average molecular weight is 1560 g/mol. The third kappa shape index (κ3) is 21.1. The summed E-state index contributed by atoms with van der Waals surface area (Å²) in [5, 5.41) is 173. The highest BCUT2D eigenvalue weighted by Crippen LogP contribution is 2.34. The van der Waals surface area contributed by atoms with Crippen LogP contribution in [0, 0.1) is 11.8 Å². The smallest absolute Gasteiger partial charge is 0.412 e. The van der Waals surface area contributed by atoms with E-state index in [0.29, 0.717) is 17.5 Å². The highest BCUT2D eigenvalue weighted by atomic mass is 16.6. The molecule has 12 rings (SSSR count). The summed E-state index contributed by atoms with van der Waals surface area (Å²) in [6.07, 6.45) is -15.2. The van der Waals surface area contributed by atoms with Crippen molar-refractivity contribution in [1.82, 2.24) is 73.8 Å². The number of nitrogens with one attached hydrogen (secondary N) is 5. The summed E-state index contributed by atoms with van der Waals surface area (Å²) < 4.78 is 34.2. The van der Waals surface area contributed by atoms with Crippen LogP contribution < -0.4 is 55.0 Å². The molecule has 7 aliphatic rings. The fourth-order valence-corrected chi connectivity index (χ4v) is 10.7. The van der Waals surface area contributed by atoms with E-state index in [2.05, 4.69) is 81.7 Å². The number of hydrogen-bond donors (Lipinski definition) is 20. The molecule has 7 fully saturated rings. The summed E-state index contributed by atoms with van der Waals surface area (Å²) in [5.74, 6) is -1.34. The standard InChI is InChI=1S/C13H18N4O6.C12H16N4O6.C12H18N4O6.C11H16N4O7.C10H14N4O6/c18-5-7-9(19)10(20)12(23-7)17-13(22)16-8(4-14-17)15-11(21)6-2-1-3-6;17-4-6-8(18)9(19)11(22-6)16-12(21)15-7(3-13-16)14-10(20)5-1-2-5;1-2-3-8(18)14-7-4-13-16(12(21)15-7)11-10(20)9(19)6(5-17)22-11;1-2-21-11(20)14-6-3-12-15(10(19)13-6)9-8(18)7(17)5(4-16)22-9;1-4(16)12-6-2-11-14(10(19)13-6)9-8(18)7(17)5(3-15)20-9/h4,6-7,9-10,12,18-20H,1-3,5H2,(H,15,16,21,22);3,5-6,8-9,11,17-19H,1-2,4H2,(H,14,15,20,21);4,6,9-11,17,19-20H,2-3,5H2,1H3,(H,14,15,18,21);3,5,7-9,16-18H,2,4H2,1H3,(H,13,14,19,20);2,5,7-9,15,17-18H,3H2,1H3,(H,12,13,16,19)/t7-,9-,10-,12-;6-,8-,9-,11-;6-,9-,10-,11-;5-,7-,8-,9-;5-,7?,8+,9-/m11111/s1. The zero-order chi connectivity index (χ0) is 79.8. The molecule has 5 aliphatic heterocycles. The number of aromatic nitrogens is 15. The van der Waals surface area contributed by atoms with Gasteiger partial charge in [-0.15, -0.1) is 0 Å². The molecule has 5 amide bonds. The molecule has 20 N–H and O–H groups in total. The first-order chi connectivity index (χ1) is 51.9. The van der Waals surface area contributed by atoms with Crippen molar-refractivity contribution >= 4 is 58.8 Å². The summed E-state index contributed by atoms with van der Waals surface area (Å²) in [6, 6.07) is 0. The van der Waals surface area contributed by atoms with E-state index < -0.39 is 196 Å². The predicted octanol–water partition coefficient (Wildman–Crippen LogP) is -11.4. The number of aliphatic hydroxyl groups is 15. The summed E-state index contributed by atoms with van der Waals surface area (Å²) in [5.41, 5.74) is -4.32. The van der Waals surface area contributed by atoms with Crippen molar-refractivity contribution in [2.75, 3.05) is 66.2 Å². The maximum atomic E-state index is 12.0. The first kappa shape index (κ1) is 85.0. The van der Waals surface area contributed by atoms with Crippen LogP contribution in [0.15, 0.2) is 55.0 Å². The van der Waals surface area contributed by atoms with Gasteiger partial charge in [-0.2, -0.15) is 73.8 Å². The lowest BCUT2D eigenvalue weighted by atomic mass is 9.85. The molecule has 600 valence electrons. The Kier molecular flexibility index (Phi) is 30.1. The molecule has 2 saturated carbocycles. The Morgan fingerprint density at radius 2 is 0.651 bits per heavy atom. The van der Waals surface area contributed by atoms with Gasteiger partial charge in [-0.3, -0.25) is 24.5 Å². The van der Waals surface area contributed by atoms with Crippen molar-refractivity contribution in [3.63, 3.8) is 0 Å². The van der Waals surface area contributed by atoms with Crippen LogP contribution in [0.25, 0.3) is 0 Å². The van der Waals surface area contributed by atoms with Crippen molar-refractivity contribution in [1.29, 1.82) is 0 Å². The molecule has 0 aromatic carbocycles. The molecular formula is C58H82N20O31. The Hall–Kier alpha value is -9.60. The summed E-state index contributed by atoms with van der Waals surface area (Å²) in [7, 11) is 0. The van der Waals surface area contributed by atoms with Crippen molar-refractivity contribution in [2.24, 2.45) is 11.8 Å².